The van der Waals surface area contributed by atoms with E-state index >= 15 is 0 Å². The van der Waals surface area contributed by atoms with Crippen LogP contribution in [0.2, 0.25) is 19.6 Å². The molecule has 58 heavy (non-hydrogen) atoms. The van der Waals surface area contributed by atoms with Crippen molar-refractivity contribution in [2.45, 2.75) is 26.1 Å². The molecule has 0 atom stereocenters. The topological polar surface area (TPSA) is 54.1 Å². The van der Waals surface area contributed by atoms with Gasteiger partial charge in [0.15, 0.2) is 0 Å². The monoisotopic (exact) mass is 787 g/mol. The molecule has 0 N–H and O–H groups in total. The van der Waals surface area contributed by atoms with E-state index in [9.17, 15) is 10.5 Å². The number of aryl methyl sites for hydroxylation is 1. The summed E-state index contributed by atoms with van der Waals surface area (Å²) in [7, 11) is -1.44. The van der Waals surface area contributed by atoms with Crippen LogP contribution in [-0.4, -0.2) is 20.1 Å². The highest BCUT2D eigenvalue weighted by Crippen LogP contribution is 2.37. The number of hydrogen-bond acceptors (Lipinski definition) is 4. The van der Waals surface area contributed by atoms with Gasteiger partial charge in [0.05, 0.1) is 37.6 Å². The maximum atomic E-state index is 9.40. The third-order valence-corrected chi connectivity index (χ3v) is 13.0. The second-order valence-electron chi connectivity index (χ2n) is 15.3. The Morgan fingerprint density at radius 3 is 1.17 bits per heavy atom. The number of benzene rings is 7. The van der Waals surface area contributed by atoms with Crippen molar-refractivity contribution in [3.8, 4) is 23.3 Å². The van der Waals surface area contributed by atoms with Gasteiger partial charge >= 0.3 is 0 Å². The van der Waals surface area contributed by atoms with E-state index in [1.807, 2.05) is 48.5 Å². The Morgan fingerprint density at radius 1 is 0.466 bits per heavy atom. The molecule has 0 aliphatic rings. The first-order chi connectivity index (χ1) is 28.2. The largest absolute Gasteiger partial charge is 0.311 e. The summed E-state index contributed by atoms with van der Waals surface area (Å²) in [6, 6.07) is 63.7. The molecule has 7 aromatic rings. The molecule has 0 aliphatic carbocycles. The van der Waals surface area contributed by atoms with Crippen molar-refractivity contribution in [3.63, 3.8) is 0 Å². The molecule has 0 saturated heterocycles. The maximum absolute atomic E-state index is 9.40. The van der Waals surface area contributed by atoms with Crippen LogP contribution in [0.5, 0.6) is 0 Å². The fourth-order valence-electron chi connectivity index (χ4n) is 6.94. The second kappa shape index (κ2) is 18.1. The van der Waals surface area contributed by atoms with E-state index in [1.54, 1.807) is 0 Å². The SMILES string of the molecule is C[SH+]CCc1ccc(N(c2ccc(C#N)cc2)c2ccc(/C=C/c3ccc(-c4ccc(N(c5ccc(C#N)cc5)c5ccc([Si](C)(C)C)cc5)cc4)cc3)cc2)cc1. The number of nitrogens with zero attached hydrogens (tertiary/aromatic N) is 4. The standard InChI is InChI=1S/C52H46N4SSi/c1-57-36-35-41-11-23-47(24-12-41)55(48-25-13-42(37-53)14-26-48)46-21-9-40(10-22-46)6-5-39-7-17-44(18-8-39)45-19-29-50(30-20-45)56(49-27-15-43(38-54)16-28-49)51-31-33-52(34-32-51)58(2,3)4/h5-34H,35-36H2,1-4H3/p+1/b6-5+. The fourth-order valence-corrected chi connectivity index (χ4v) is 8.59. The Kier molecular flexibility index (Phi) is 12.4. The summed E-state index contributed by atoms with van der Waals surface area (Å²) in [5, 5.41) is 20.2. The third-order valence-electron chi connectivity index (χ3n) is 10.3. The summed E-state index contributed by atoms with van der Waals surface area (Å²) < 4.78 is 0. The molecule has 6 heteroatoms. The van der Waals surface area contributed by atoms with Crippen molar-refractivity contribution < 1.29 is 0 Å². The molecule has 0 bridgehead atoms. The number of nitriles is 2. The van der Waals surface area contributed by atoms with Gasteiger partial charge in [-0.2, -0.15) is 10.5 Å². The van der Waals surface area contributed by atoms with Gasteiger partial charge in [0, 0.05) is 40.5 Å². The molecule has 7 rings (SSSR count). The van der Waals surface area contributed by atoms with E-state index < -0.39 is 8.07 Å². The van der Waals surface area contributed by atoms with Crippen LogP contribution in [0, 0.1) is 22.7 Å². The van der Waals surface area contributed by atoms with Crippen LogP contribution in [0.25, 0.3) is 23.3 Å². The normalized spacial score (nSPS) is 11.2. The van der Waals surface area contributed by atoms with Crippen LogP contribution in [0.15, 0.2) is 170 Å². The van der Waals surface area contributed by atoms with Crippen LogP contribution >= 0.6 is 0 Å². The van der Waals surface area contributed by atoms with Gasteiger partial charge in [-0.05, 0) is 137 Å². The molecule has 4 nitrogen and oxygen atoms in total. The van der Waals surface area contributed by atoms with Crippen molar-refractivity contribution in [2.75, 3.05) is 21.8 Å². The predicted molar refractivity (Wildman–Crippen MR) is 252 cm³/mol. The molecule has 0 saturated carbocycles. The van der Waals surface area contributed by atoms with Gasteiger partial charge in [-0.1, -0.05) is 110 Å². The van der Waals surface area contributed by atoms with Gasteiger partial charge in [0.2, 0.25) is 0 Å². The summed E-state index contributed by atoms with van der Waals surface area (Å²) >= 11 is 1.41. The predicted octanol–water partition coefficient (Wildman–Crippen LogP) is 12.7. The number of hydrogen-bond donors (Lipinski definition) is 0. The zero-order chi connectivity index (χ0) is 40.5. The Hall–Kier alpha value is -6.57. The Morgan fingerprint density at radius 2 is 0.793 bits per heavy atom. The van der Waals surface area contributed by atoms with Crippen molar-refractivity contribution >= 4 is 71.3 Å². The molecular formula is C52H47N4SSi+. The van der Waals surface area contributed by atoms with Crippen LogP contribution in [0.3, 0.4) is 0 Å². The van der Waals surface area contributed by atoms with Gasteiger partial charge in [-0.3, -0.25) is 0 Å². The highest BCUT2D eigenvalue weighted by atomic mass is 32.2. The number of rotatable bonds is 13. The maximum Gasteiger partial charge on any atom is 0.109 e. The summed E-state index contributed by atoms with van der Waals surface area (Å²) in [6.07, 6.45) is 7.56. The van der Waals surface area contributed by atoms with Gasteiger partial charge in [0.25, 0.3) is 0 Å². The molecule has 0 aliphatic heterocycles. The average Bonchev–Trinajstić information content (AvgIpc) is 3.27. The molecule has 7 aromatic carbocycles. The average molecular weight is 788 g/mol. The van der Waals surface area contributed by atoms with Crippen molar-refractivity contribution in [1.82, 2.24) is 0 Å². The minimum atomic E-state index is -1.44. The quantitative estimate of drug-likeness (QED) is 0.0505. The Labute approximate surface area is 349 Å². The lowest BCUT2D eigenvalue weighted by atomic mass is 10.0. The summed E-state index contributed by atoms with van der Waals surface area (Å²) in [4.78, 5) is 4.48. The first kappa shape index (κ1) is 39.7. The van der Waals surface area contributed by atoms with Crippen LogP contribution in [0.1, 0.15) is 27.8 Å². The molecule has 0 heterocycles. The smallest absolute Gasteiger partial charge is 0.109 e. The molecule has 0 unspecified atom stereocenters. The lowest BCUT2D eigenvalue weighted by Gasteiger charge is -2.27. The van der Waals surface area contributed by atoms with E-state index in [0.717, 1.165) is 68.6 Å². The number of anilines is 6. The Balaban J connectivity index is 1.07. The van der Waals surface area contributed by atoms with E-state index in [4.69, 9.17) is 0 Å². The van der Waals surface area contributed by atoms with Gasteiger partial charge in [-0.15, -0.1) is 0 Å². The number of thiol groups is 1. The minimum Gasteiger partial charge on any atom is -0.311 e. The second-order valence-corrected chi connectivity index (χ2v) is 21.5. The van der Waals surface area contributed by atoms with Crippen LogP contribution in [0.4, 0.5) is 34.1 Å². The van der Waals surface area contributed by atoms with Gasteiger partial charge in [0.1, 0.15) is 5.75 Å². The fraction of sp³-hybridized carbons (Fsp3) is 0.115. The van der Waals surface area contributed by atoms with Crippen molar-refractivity contribution in [1.29, 1.82) is 10.5 Å². The van der Waals surface area contributed by atoms with Gasteiger partial charge < -0.3 is 9.80 Å². The van der Waals surface area contributed by atoms with E-state index in [-0.39, 0.29) is 0 Å². The highest BCUT2D eigenvalue weighted by molar-refractivity contribution is 7.77. The molecule has 284 valence electrons. The highest BCUT2D eigenvalue weighted by Gasteiger charge is 2.18. The molecule has 0 radical (unpaired) electrons. The zero-order valence-corrected chi connectivity index (χ0v) is 35.4. The Bertz CT molecular complexity index is 2540. The minimum absolute atomic E-state index is 0.645. The van der Waals surface area contributed by atoms with E-state index in [2.05, 4.69) is 181 Å². The summed E-state index contributed by atoms with van der Waals surface area (Å²) in [6.45, 7) is 7.10. The summed E-state index contributed by atoms with van der Waals surface area (Å²) in [5.74, 6) is 1.16. The zero-order valence-electron chi connectivity index (χ0n) is 33.5. The molecule has 0 fully saturated rings. The molecular weight excluding hydrogens is 741 g/mol. The molecule has 0 aromatic heterocycles. The van der Waals surface area contributed by atoms with Crippen molar-refractivity contribution in [3.05, 3.63) is 198 Å². The lowest BCUT2D eigenvalue weighted by molar-refractivity contribution is 1.15. The lowest BCUT2D eigenvalue weighted by Crippen LogP contribution is -2.37. The van der Waals surface area contributed by atoms with E-state index in [0.29, 0.717) is 11.1 Å². The van der Waals surface area contributed by atoms with Crippen molar-refractivity contribution in [2.24, 2.45) is 0 Å². The van der Waals surface area contributed by atoms with Gasteiger partial charge in [-0.25, -0.2) is 0 Å². The van der Waals surface area contributed by atoms with E-state index in [1.165, 1.54) is 22.5 Å². The summed E-state index contributed by atoms with van der Waals surface area (Å²) in [5.41, 5.74) is 13.4. The third kappa shape index (κ3) is 9.51. The molecule has 0 spiro atoms. The first-order valence-electron chi connectivity index (χ1n) is 19.6. The van der Waals surface area contributed by atoms with Crippen LogP contribution in [-0.2, 0) is 18.2 Å². The molecule has 0 amide bonds. The van der Waals surface area contributed by atoms with Crippen LogP contribution < -0.4 is 15.0 Å². The first-order valence-corrected chi connectivity index (χ1v) is 24.6.